The fourth-order valence-corrected chi connectivity index (χ4v) is 4.24. The van der Waals surface area contributed by atoms with Gasteiger partial charge in [-0.25, -0.2) is 0 Å². The van der Waals surface area contributed by atoms with Crippen LogP contribution in [0, 0.1) is 5.92 Å². The first-order valence-corrected chi connectivity index (χ1v) is 9.29. The van der Waals surface area contributed by atoms with Crippen LogP contribution in [0.3, 0.4) is 0 Å². The van der Waals surface area contributed by atoms with E-state index in [9.17, 15) is 9.59 Å². The number of hydrogen-bond donors (Lipinski definition) is 1. The topological polar surface area (TPSA) is 71.5 Å². The summed E-state index contributed by atoms with van der Waals surface area (Å²) in [5.74, 6) is -0.405. The largest absolute Gasteiger partial charge is 0.375 e. The van der Waals surface area contributed by atoms with Crippen molar-refractivity contribution in [1.29, 1.82) is 0 Å². The Morgan fingerprint density at radius 3 is 3.08 bits per heavy atom. The van der Waals surface area contributed by atoms with Crippen LogP contribution in [0.1, 0.15) is 22.3 Å². The van der Waals surface area contributed by atoms with Crippen molar-refractivity contribution in [3.05, 3.63) is 52.5 Å². The molecular formula is C18H19N3O3S. The molecule has 0 aliphatic carbocycles. The van der Waals surface area contributed by atoms with Gasteiger partial charge in [-0.2, -0.15) is 11.3 Å². The molecule has 2 amide bonds. The fourth-order valence-electron chi connectivity index (χ4n) is 3.61. The zero-order valence-corrected chi connectivity index (χ0v) is 14.4. The normalized spacial score (nSPS) is 25.0. The molecule has 2 aromatic rings. The van der Waals surface area contributed by atoms with Gasteiger partial charge in [-0.1, -0.05) is 6.07 Å². The molecule has 25 heavy (non-hydrogen) atoms. The molecule has 130 valence electrons. The number of pyridine rings is 1. The van der Waals surface area contributed by atoms with Crippen LogP contribution in [-0.2, 0) is 16.1 Å². The molecule has 0 spiro atoms. The predicted molar refractivity (Wildman–Crippen MR) is 93.1 cm³/mol. The number of likely N-dealkylation sites (tertiary alicyclic amines) is 1. The Balaban J connectivity index is 1.45. The number of rotatable bonds is 4. The van der Waals surface area contributed by atoms with Crippen LogP contribution in [0.25, 0.3) is 0 Å². The second-order valence-corrected chi connectivity index (χ2v) is 7.13. The predicted octanol–water partition coefficient (Wildman–Crippen LogP) is 1.69. The summed E-state index contributed by atoms with van der Waals surface area (Å²) in [6.07, 6.45) is 4.01. The maximum absolute atomic E-state index is 12.7. The lowest BCUT2D eigenvalue weighted by molar-refractivity contribution is -0.127. The van der Waals surface area contributed by atoms with Gasteiger partial charge in [0, 0.05) is 37.5 Å². The van der Waals surface area contributed by atoms with E-state index in [1.165, 1.54) is 11.3 Å². The molecule has 0 aromatic carbocycles. The maximum Gasteiger partial charge on any atom is 0.255 e. The van der Waals surface area contributed by atoms with Crippen molar-refractivity contribution in [2.75, 3.05) is 13.2 Å². The molecule has 0 bridgehead atoms. The number of carbonyl (C=O) groups is 2. The summed E-state index contributed by atoms with van der Waals surface area (Å²) in [4.78, 5) is 31.3. The van der Waals surface area contributed by atoms with Gasteiger partial charge in [0.1, 0.15) is 0 Å². The summed E-state index contributed by atoms with van der Waals surface area (Å²) in [5, 5.41) is 6.70. The average molecular weight is 357 g/mol. The van der Waals surface area contributed by atoms with Gasteiger partial charge in [-0.3, -0.25) is 14.6 Å². The number of carbonyl (C=O) groups excluding carboxylic acids is 2. The summed E-state index contributed by atoms with van der Waals surface area (Å²) in [5.41, 5.74) is 1.64. The summed E-state index contributed by atoms with van der Waals surface area (Å²) < 4.78 is 5.80. The Labute approximate surface area is 149 Å². The summed E-state index contributed by atoms with van der Waals surface area (Å²) >= 11 is 1.50. The Morgan fingerprint density at radius 2 is 2.32 bits per heavy atom. The van der Waals surface area contributed by atoms with Crippen molar-refractivity contribution in [3.63, 3.8) is 0 Å². The molecular weight excluding hydrogens is 338 g/mol. The van der Waals surface area contributed by atoms with Gasteiger partial charge in [0.25, 0.3) is 5.91 Å². The van der Waals surface area contributed by atoms with Crippen LogP contribution in [0.4, 0.5) is 0 Å². The van der Waals surface area contributed by atoms with E-state index in [1.54, 1.807) is 12.4 Å². The first-order valence-electron chi connectivity index (χ1n) is 8.35. The van der Waals surface area contributed by atoms with Crippen LogP contribution in [-0.4, -0.2) is 47.0 Å². The first kappa shape index (κ1) is 16.2. The van der Waals surface area contributed by atoms with Crippen LogP contribution >= 0.6 is 11.3 Å². The number of thiophene rings is 1. The van der Waals surface area contributed by atoms with Crippen molar-refractivity contribution in [2.24, 2.45) is 5.92 Å². The molecule has 6 nitrogen and oxygen atoms in total. The van der Waals surface area contributed by atoms with Crippen molar-refractivity contribution in [3.8, 4) is 0 Å². The lowest BCUT2D eigenvalue weighted by Gasteiger charge is -2.21. The highest BCUT2D eigenvalue weighted by Crippen LogP contribution is 2.34. The number of nitrogens with one attached hydrogen (secondary N) is 1. The molecule has 4 heterocycles. The standard InChI is InChI=1S/C18H19N3O3S/c22-17(20-9-12-2-1-5-19-8-12)14-10-21(15-3-6-24-16(14)15)18(23)13-4-7-25-11-13/h1-2,4-5,7-8,11,14-16H,3,6,9-10H2,(H,20,22)/t14-,15+,16-/m1/s1. The van der Waals surface area contributed by atoms with E-state index in [4.69, 9.17) is 4.74 Å². The van der Waals surface area contributed by atoms with Crippen LogP contribution in [0.5, 0.6) is 0 Å². The fraction of sp³-hybridized carbons (Fsp3) is 0.389. The van der Waals surface area contributed by atoms with Gasteiger partial charge in [-0.15, -0.1) is 0 Å². The number of fused-ring (bicyclic) bond motifs is 1. The average Bonchev–Trinajstić information content (AvgIpc) is 3.36. The minimum Gasteiger partial charge on any atom is -0.375 e. The third kappa shape index (κ3) is 3.17. The van der Waals surface area contributed by atoms with Crippen molar-refractivity contribution < 1.29 is 14.3 Å². The number of ether oxygens (including phenoxy) is 1. The number of amides is 2. The Kier molecular flexibility index (Phi) is 4.50. The summed E-state index contributed by atoms with van der Waals surface area (Å²) in [7, 11) is 0. The molecule has 2 aliphatic rings. The third-order valence-corrected chi connectivity index (χ3v) is 5.53. The first-order chi connectivity index (χ1) is 12.2. The zero-order chi connectivity index (χ0) is 17.2. The van der Waals surface area contributed by atoms with Gasteiger partial charge in [0.05, 0.1) is 23.6 Å². The third-order valence-electron chi connectivity index (χ3n) is 4.85. The van der Waals surface area contributed by atoms with Gasteiger partial charge < -0.3 is 15.0 Å². The monoisotopic (exact) mass is 357 g/mol. The lowest BCUT2D eigenvalue weighted by atomic mass is 10.0. The molecule has 7 heteroatoms. The Hall–Kier alpha value is -2.25. The van der Waals surface area contributed by atoms with Crippen molar-refractivity contribution >= 4 is 23.2 Å². The maximum atomic E-state index is 12.7. The molecule has 1 N–H and O–H groups in total. The van der Waals surface area contributed by atoms with Gasteiger partial charge in [0.15, 0.2) is 0 Å². The highest BCUT2D eigenvalue weighted by molar-refractivity contribution is 7.08. The lowest BCUT2D eigenvalue weighted by Crippen LogP contribution is -2.37. The molecule has 0 radical (unpaired) electrons. The van der Waals surface area contributed by atoms with Gasteiger partial charge in [-0.05, 0) is 29.5 Å². The summed E-state index contributed by atoms with van der Waals surface area (Å²) in [6, 6.07) is 5.58. The number of nitrogens with zero attached hydrogens (tertiary/aromatic N) is 2. The molecule has 2 aromatic heterocycles. The highest BCUT2D eigenvalue weighted by atomic mass is 32.1. The molecule has 0 unspecified atom stereocenters. The number of aromatic nitrogens is 1. The van der Waals surface area contributed by atoms with Crippen molar-refractivity contribution in [2.45, 2.75) is 25.1 Å². The molecule has 2 fully saturated rings. The molecule has 2 saturated heterocycles. The minimum atomic E-state index is -0.327. The molecule has 4 rings (SSSR count). The SMILES string of the molecule is O=C(NCc1cccnc1)[C@@H]1CN(C(=O)c2ccsc2)[C@H]2CCO[C@H]12. The smallest absolute Gasteiger partial charge is 0.255 e. The van der Waals surface area contributed by atoms with Crippen molar-refractivity contribution in [1.82, 2.24) is 15.2 Å². The van der Waals surface area contributed by atoms with E-state index in [2.05, 4.69) is 10.3 Å². The van der Waals surface area contributed by atoms with E-state index in [0.717, 1.165) is 12.0 Å². The zero-order valence-electron chi connectivity index (χ0n) is 13.6. The van der Waals surface area contributed by atoms with Crippen LogP contribution in [0.15, 0.2) is 41.4 Å². The van der Waals surface area contributed by atoms with Crippen LogP contribution in [0.2, 0.25) is 0 Å². The quantitative estimate of drug-likeness (QED) is 0.904. The Morgan fingerprint density at radius 1 is 1.40 bits per heavy atom. The van der Waals surface area contributed by atoms with Crippen LogP contribution < -0.4 is 5.32 Å². The number of hydrogen-bond acceptors (Lipinski definition) is 5. The summed E-state index contributed by atoms with van der Waals surface area (Å²) in [6.45, 7) is 1.43. The molecule has 2 aliphatic heterocycles. The van der Waals surface area contributed by atoms with E-state index in [0.29, 0.717) is 25.3 Å². The van der Waals surface area contributed by atoms with E-state index >= 15 is 0 Å². The highest BCUT2D eigenvalue weighted by Gasteiger charge is 2.50. The van der Waals surface area contributed by atoms with E-state index in [1.807, 2.05) is 33.9 Å². The second kappa shape index (κ2) is 6.93. The van der Waals surface area contributed by atoms with E-state index in [-0.39, 0.29) is 29.9 Å². The van der Waals surface area contributed by atoms with E-state index < -0.39 is 0 Å². The molecule has 3 atom stereocenters. The molecule has 0 saturated carbocycles. The van der Waals surface area contributed by atoms with Gasteiger partial charge >= 0.3 is 0 Å². The second-order valence-electron chi connectivity index (χ2n) is 6.35. The van der Waals surface area contributed by atoms with Gasteiger partial charge in [0.2, 0.25) is 5.91 Å². The Bertz CT molecular complexity index is 750. The minimum absolute atomic E-state index is 0.00990.